The molecular formula is C17H15N3O2S2. The SMILES string of the molecule is CC=O.CNc1nc2ccc(-c3cccc4sc(=O)[nH]c34)cc2s1. The molecule has 0 saturated heterocycles. The zero-order chi connectivity index (χ0) is 17.1. The van der Waals surface area contributed by atoms with Crippen molar-refractivity contribution in [3.63, 3.8) is 0 Å². The molecule has 0 amide bonds. The summed E-state index contributed by atoms with van der Waals surface area (Å²) in [5.41, 5.74) is 4.03. The Balaban J connectivity index is 0.000000526. The van der Waals surface area contributed by atoms with Crippen LogP contribution in [0, 0.1) is 0 Å². The van der Waals surface area contributed by atoms with E-state index in [9.17, 15) is 4.79 Å². The largest absolute Gasteiger partial charge is 0.365 e. The van der Waals surface area contributed by atoms with Gasteiger partial charge in [0.25, 0.3) is 0 Å². The number of thiazole rings is 2. The van der Waals surface area contributed by atoms with Crippen molar-refractivity contribution in [3.8, 4) is 11.1 Å². The number of nitrogens with zero attached hydrogens (tertiary/aromatic N) is 1. The topological polar surface area (TPSA) is 74.8 Å². The second-order valence-corrected chi connectivity index (χ2v) is 6.93. The number of rotatable bonds is 2. The van der Waals surface area contributed by atoms with Crippen LogP contribution in [-0.4, -0.2) is 23.3 Å². The summed E-state index contributed by atoms with van der Waals surface area (Å²) < 4.78 is 2.12. The number of aromatic amines is 1. The van der Waals surface area contributed by atoms with E-state index in [2.05, 4.69) is 21.4 Å². The van der Waals surface area contributed by atoms with Crippen LogP contribution in [0.25, 0.3) is 31.6 Å². The van der Waals surface area contributed by atoms with Crippen LogP contribution in [0.4, 0.5) is 5.13 Å². The first kappa shape index (κ1) is 16.4. The fourth-order valence-corrected chi connectivity index (χ4v) is 4.03. The number of nitrogens with one attached hydrogen (secondary N) is 2. The van der Waals surface area contributed by atoms with E-state index in [4.69, 9.17) is 4.79 Å². The van der Waals surface area contributed by atoms with E-state index in [-0.39, 0.29) is 4.87 Å². The first-order valence-corrected chi connectivity index (χ1v) is 8.90. The van der Waals surface area contributed by atoms with E-state index in [0.717, 1.165) is 43.0 Å². The Kier molecular flexibility index (Phi) is 4.73. The van der Waals surface area contributed by atoms with Crippen LogP contribution in [0.15, 0.2) is 41.2 Å². The van der Waals surface area contributed by atoms with Crippen molar-refractivity contribution in [1.29, 1.82) is 0 Å². The molecule has 0 bridgehead atoms. The average molecular weight is 357 g/mol. The van der Waals surface area contributed by atoms with Gasteiger partial charge in [0.1, 0.15) is 6.29 Å². The standard InChI is InChI=1S/C15H11N3OS2.C2H4O/c1-16-14-17-10-6-5-8(7-12(10)20-14)9-3-2-4-11-13(9)18-15(19)21-11;1-2-3/h2-7H,1H3,(H,16,17)(H,18,19);2H,1H3. The Morgan fingerprint density at radius 2 is 1.96 bits per heavy atom. The molecule has 2 heterocycles. The molecule has 0 aliphatic carbocycles. The minimum Gasteiger partial charge on any atom is -0.365 e. The van der Waals surface area contributed by atoms with Crippen molar-refractivity contribution in [2.24, 2.45) is 0 Å². The zero-order valence-electron chi connectivity index (χ0n) is 13.1. The van der Waals surface area contributed by atoms with E-state index in [1.807, 2.05) is 37.4 Å². The number of hydrogen-bond donors (Lipinski definition) is 2. The fourth-order valence-electron chi connectivity index (χ4n) is 2.41. The lowest BCUT2D eigenvalue weighted by Crippen LogP contribution is -1.91. The van der Waals surface area contributed by atoms with Gasteiger partial charge in [-0.15, -0.1) is 0 Å². The van der Waals surface area contributed by atoms with E-state index in [1.165, 1.54) is 18.3 Å². The van der Waals surface area contributed by atoms with Crippen molar-refractivity contribution < 1.29 is 4.79 Å². The Hall–Kier alpha value is -2.51. The minimum absolute atomic E-state index is 0.0196. The molecule has 5 nitrogen and oxygen atoms in total. The third-order valence-electron chi connectivity index (χ3n) is 3.37. The van der Waals surface area contributed by atoms with Crippen molar-refractivity contribution in [2.75, 3.05) is 12.4 Å². The molecule has 4 aromatic rings. The highest BCUT2D eigenvalue weighted by atomic mass is 32.1. The first-order valence-electron chi connectivity index (χ1n) is 7.26. The van der Waals surface area contributed by atoms with Crippen LogP contribution >= 0.6 is 22.7 Å². The van der Waals surface area contributed by atoms with Crippen molar-refractivity contribution in [3.05, 3.63) is 46.1 Å². The molecular weight excluding hydrogens is 342 g/mol. The molecule has 0 aliphatic rings. The molecule has 0 unspecified atom stereocenters. The molecule has 0 atom stereocenters. The first-order chi connectivity index (χ1) is 11.7. The maximum atomic E-state index is 11.6. The van der Waals surface area contributed by atoms with Crippen molar-refractivity contribution in [2.45, 2.75) is 6.92 Å². The second-order valence-electron chi connectivity index (χ2n) is 4.88. The van der Waals surface area contributed by atoms with E-state index in [0.29, 0.717) is 0 Å². The summed E-state index contributed by atoms with van der Waals surface area (Å²) >= 11 is 2.87. The molecule has 24 heavy (non-hydrogen) atoms. The summed E-state index contributed by atoms with van der Waals surface area (Å²) in [6, 6.07) is 12.2. The van der Waals surface area contributed by atoms with Gasteiger partial charge in [0, 0.05) is 12.6 Å². The van der Waals surface area contributed by atoms with Crippen molar-refractivity contribution >= 4 is 54.5 Å². The highest BCUT2D eigenvalue weighted by Gasteiger charge is 2.09. The second kappa shape index (κ2) is 6.94. The number of benzene rings is 2. The number of H-pyrrole nitrogens is 1. The highest BCUT2D eigenvalue weighted by Crippen LogP contribution is 2.33. The molecule has 2 aromatic heterocycles. The Labute approximate surface area is 146 Å². The summed E-state index contributed by atoms with van der Waals surface area (Å²) in [7, 11) is 1.87. The summed E-state index contributed by atoms with van der Waals surface area (Å²) in [4.78, 5) is 27.8. The number of hydrogen-bond acceptors (Lipinski definition) is 6. The molecule has 2 aromatic carbocycles. The van der Waals surface area contributed by atoms with Crippen LogP contribution in [-0.2, 0) is 4.79 Å². The maximum Gasteiger partial charge on any atom is 0.305 e. The third kappa shape index (κ3) is 3.08. The van der Waals surface area contributed by atoms with Gasteiger partial charge in [0.15, 0.2) is 5.13 Å². The van der Waals surface area contributed by atoms with Gasteiger partial charge in [-0.1, -0.05) is 40.9 Å². The van der Waals surface area contributed by atoms with E-state index < -0.39 is 0 Å². The number of carbonyl (C=O) groups excluding carboxylic acids is 1. The average Bonchev–Trinajstić information content (AvgIpc) is 3.16. The Bertz CT molecular complexity index is 1060. The molecule has 2 N–H and O–H groups in total. The van der Waals surface area contributed by atoms with Gasteiger partial charge in [0.2, 0.25) is 0 Å². The highest BCUT2D eigenvalue weighted by molar-refractivity contribution is 7.22. The lowest BCUT2D eigenvalue weighted by Gasteiger charge is -2.03. The molecule has 0 radical (unpaired) electrons. The lowest BCUT2D eigenvalue weighted by molar-refractivity contribution is -0.106. The van der Waals surface area contributed by atoms with Gasteiger partial charge in [0.05, 0.1) is 20.4 Å². The van der Waals surface area contributed by atoms with Crippen LogP contribution in [0.2, 0.25) is 0 Å². The molecule has 0 spiro atoms. The van der Waals surface area contributed by atoms with E-state index >= 15 is 0 Å². The normalized spacial score (nSPS) is 10.4. The zero-order valence-corrected chi connectivity index (χ0v) is 14.8. The quantitative estimate of drug-likeness (QED) is 0.529. The predicted molar refractivity (Wildman–Crippen MR) is 102 cm³/mol. The third-order valence-corrected chi connectivity index (χ3v) is 5.25. The Morgan fingerprint density at radius 1 is 1.17 bits per heavy atom. The summed E-state index contributed by atoms with van der Waals surface area (Å²) in [5, 5.41) is 3.98. The van der Waals surface area contributed by atoms with Gasteiger partial charge >= 0.3 is 4.87 Å². The predicted octanol–water partition coefficient (Wildman–Crippen LogP) is 4.11. The van der Waals surface area contributed by atoms with Crippen molar-refractivity contribution in [1.82, 2.24) is 9.97 Å². The van der Waals surface area contributed by atoms with Gasteiger partial charge in [-0.05, 0) is 30.7 Å². The molecule has 0 saturated carbocycles. The summed E-state index contributed by atoms with van der Waals surface area (Å²) in [5.74, 6) is 0. The number of para-hydroxylation sites is 1. The van der Waals surface area contributed by atoms with Crippen LogP contribution in [0.3, 0.4) is 0 Å². The van der Waals surface area contributed by atoms with Crippen LogP contribution in [0.1, 0.15) is 6.92 Å². The lowest BCUT2D eigenvalue weighted by atomic mass is 10.0. The molecule has 4 rings (SSSR count). The molecule has 122 valence electrons. The minimum atomic E-state index is -0.0196. The number of aromatic nitrogens is 2. The van der Waals surface area contributed by atoms with Crippen LogP contribution < -0.4 is 10.2 Å². The smallest absolute Gasteiger partial charge is 0.305 e. The fraction of sp³-hybridized carbons (Fsp3) is 0.118. The molecule has 7 heteroatoms. The van der Waals surface area contributed by atoms with Gasteiger partial charge in [-0.2, -0.15) is 0 Å². The van der Waals surface area contributed by atoms with Gasteiger partial charge in [-0.3, -0.25) is 4.79 Å². The summed E-state index contributed by atoms with van der Waals surface area (Å²) in [6.45, 7) is 1.44. The van der Waals surface area contributed by atoms with Crippen LogP contribution in [0.5, 0.6) is 0 Å². The maximum absolute atomic E-state index is 11.6. The van der Waals surface area contributed by atoms with E-state index in [1.54, 1.807) is 11.3 Å². The van der Waals surface area contributed by atoms with Gasteiger partial charge < -0.3 is 15.1 Å². The number of fused-ring (bicyclic) bond motifs is 2. The molecule has 0 fully saturated rings. The number of aldehydes is 1. The number of carbonyl (C=O) groups is 1. The summed E-state index contributed by atoms with van der Waals surface area (Å²) in [6.07, 6.45) is 0.750. The molecule has 0 aliphatic heterocycles. The number of anilines is 1. The monoisotopic (exact) mass is 357 g/mol. The Morgan fingerprint density at radius 3 is 2.71 bits per heavy atom. The van der Waals surface area contributed by atoms with Gasteiger partial charge in [-0.25, -0.2) is 4.98 Å².